The molecule has 98 valence electrons. The van der Waals surface area contributed by atoms with Gasteiger partial charge in [0.15, 0.2) is 0 Å². The standard InChI is InChI=1S/C6H12N4O5S2/c1-16(12,13)9-3-10(17(2,14)15)5-4(9)7-6(11)8-5/h4-5H,3H2,1-2H3,(H2,7,8,11)/t4-,5-/m1/s1. The molecule has 2 rings (SSSR count). The molecule has 9 nitrogen and oxygen atoms in total. The molecule has 2 fully saturated rings. The Morgan fingerprint density at radius 2 is 1.35 bits per heavy atom. The van der Waals surface area contributed by atoms with Crippen LogP contribution in [0.5, 0.6) is 0 Å². The molecule has 0 aromatic heterocycles. The first-order valence-electron chi connectivity index (χ1n) is 4.61. The van der Waals surface area contributed by atoms with Gasteiger partial charge in [-0.2, -0.15) is 8.61 Å². The van der Waals surface area contributed by atoms with Crippen molar-refractivity contribution in [1.29, 1.82) is 0 Å². The maximum Gasteiger partial charge on any atom is 0.317 e. The van der Waals surface area contributed by atoms with Crippen molar-refractivity contribution in [3.05, 3.63) is 0 Å². The van der Waals surface area contributed by atoms with E-state index >= 15 is 0 Å². The summed E-state index contributed by atoms with van der Waals surface area (Å²) in [6, 6.07) is -0.595. The van der Waals surface area contributed by atoms with Crippen molar-refractivity contribution in [2.75, 3.05) is 19.2 Å². The molecule has 2 N–H and O–H groups in total. The number of nitrogens with one attached hydrogen (secondary N) is 2. The van der Waals surface area contributed by atoms with Gasteiger partial charge in [0.1, 0.15) is 12.3 Å². The fourth-order valence-electron chi connectivity index (χ4n) is 1.86. The second kappa shape index (κ2) is 3.54. The van der Waals surface area contributed by atoms with Crippen LogP contribution >= 0.6 is 0 Å². The molecule has 17 heavy (non-hydrogen) atoms. The number of urea groups is 1. The molecule has 2 atom stereocenters. The highest BCUT2D eigenvalue weighted by atomic mass is 32.2. The average Bonchev–Trinajstić information content (AvgIpc) is 2.55. The average molecular weight is 284 g/mol. The van der Waals surface area contributed by atoms with Crippen molar-refractivity contribution in [3.63, 3.8) is 0 Å². The van der Waals surface area contributed by atoms with E-state index in [0.29, 0.717) is 0 Å². The molecular formula is C6H12N4O5S2. The van der Waals surface area contributed by atoms with Crippen LogP contribution in [0.2, 0.25) is 0 Å². The van der Waals surface area contributed by atoms with Crippen molar-refractivity contribution >= 4 is 26.1 Å². The van der Waals surface area contributed by atoms with E-state index in [1.54, 1.807) is 0 Å². The first-order valence-corrected chi connectivity index (χ1v) is 8.31. The lowest BCUT2D eigenvalue weighted by molar-refractivity contribution is 0.240. The zero-order chi connectivity index (χ0) is 13.0. The lowest BCUT2D eigenvalue weighted by Gasteiger charge is -2.18. The van der Waals surface area contributed by atoms with Gasteiger partial charge in [-0.05, 0) is 0 Å². The van der Waals surface area contributed by atoms with Crippen LogP contribution < -0.4 is 10.6 Å². The largest absolute Gasteiger partial charge is 0.318 e. The Morgan fingerprint density at radius 3 is 1.65 bits per heavy atom. The molecule has 2 aliphatic rings. The Kier molecular flexibility index (Phi) is 2.61. The predicted octanol–water partition coefficient (Wildman–Crippen LogP) is -2.55. The zero-order valence-corrected chi connectivity index (χ0v) is 10.7. The smallest absolute Gasteiger partial charge is 0.317 e. The van der Waals surface area contributed by atoms with Crippen molar-refractivity contribution in [2.24, 2.45) is 0 Å². The third kappa shape index (κ3) is 2.10. The maximum atomic E-state index is 11.5. The minimum absolute atomic E-state index is 0.305. The molecule has 2 aliphatic heterocycles. The summed E-state index contributed by atoms with van der Waals surface area (Å²) in [5.74, 6) is 0. The van der Waals surface area contributed by atoms with Crippen molar-refractivity contribution in [1.82, 2.24) is 19.2 Å². The van der Waals surface area contributed by atoms with Crippen LogP contribution in [0.3, 0.4) is 0 Å². The summed E-state index contributed by atoms with van der Waals surface area (Å²) in [6.07, 6.45) is 0.125. The van der Waals surface area contributed by atoms with Crippen molar-refractivity contribution in [3.8, 4) is 0 Å². The molecule has 2 saturated heterocycles. The summed E-state index contributed by atoms with van der Waals surface area (Å²) >= 11 is 0. The van der Waals surface area contributed by atoms with Gasteiger partial charge in [0, 0.05) is 0 Å². The normalized spacial score (nSPS) is 31.1. The summed E-state index contributed by atoms with van der Waals surface area (Å²) in [7, 11) is -7.20. The van der Waals surface area contributed by atoms with Gasteiger partial charge in [0.2, 0.25) is 20.0 Å². The summed E-state index contributed by atoms with van der Waals surface area (Å²) in [6.45, 7) is -0.305. The summed E-state index contributed by atoms with van der Waals surface area (Å²) in [5.41, 5.74) is 0. The number of hydrogen-bond donors (Lipinski definition) is 2. The van der Waals surface area contributed by atoms with Crippen molar-refractivity contribution in [2.45, 2.75) is 12.3 Å². The molecule has 0 radical (unpaired) electrons. The first kappa shape index (κ1) is 12.5. The molecule has 0 spiro atoms. The minimum Gasteiger partial charge on any atom is -0.318 e. The molecule has 11 heteroatoms. The number of carbonyl (C=O) groups excluding carboxylic acids is 1. The fourth-order valence-corrected chi connectivity index (χ4v) is 3.77. The number of sulfonamides is 2. The third-order valence-electron chi connectivity index (χ3n) is 2.61. The fraction of sp³-hybridized carbons (Fsp3) is 0.833. The van der Waals surface area contributed by atoms with Crippen LogP contribution in [0.15, 0.2) is 0 Å². The molecule has 2 heterocycles. The first-order chi connectivity index (χ1) is 7.60. The summed E-state index contributed by atoms with van der Waals surface area (Å²) in [5, 5.41) is 4.73. The molecule has 2 amide bonds. The molecule has 0 bridgehead atoms. The van der Waals surface area contributed by atoms with Gasteiger partial charge in [-0.1, -0.05) is 0 Å². The van der Waals surface area contributed by atoms with E-state index in [1.165, 1.54) is 0 Å². The van der Waals surface area contributed by atoms with Gasteiger partial charge < -0.3 is 10.6 Å². The lowest BCUT2D eigenvalue weighted by atomic mass is 10.4. The quantitative estimate of drug-likeness (QED) is 0.579. The summed E-state index contributed by atoms with van der Waals surface area (Å²) in [4.78, 5) is 11.1. The number of amides is 2. The van der Waals surface area contributed by atoms with E-state index in [1.807, 2.05) is 0 Å². The second-order valence-electron chi connectivity index (χ2n) is 3.95. The number of hydrogen-bond acceptors (Lipinski definition) is 5. The van der Waals surface area contributed by atoms with Crippen LogP contribution in [0.25, 0.3) is 0 Å². The van der Waals surface area contributed by atoms with Crippen LogP contribution in [0.4, 0.5) is 4.79 Å². The number of fused-ring (bicyclic) bond motifs is 1. The van der Waals surface area contributed by atoms with E-state index in [0.717, 1.165) is 21.1 Å². The topological polar surface area (TPSA) is 116 Å². The third-order valence-corrected chi connectivity index (χ3v) is 5.00. The van der Waals surface area contributed by atoms with E-state index in [9.17, 15) is 21.6 Å². The van der Waals surface area contributed by atoms with E-state index in [-0.39, 0.29) is 6.67 Å². The Labute approximate surface area is 98.9 Å². The van der Waals surface area contributed by atoms with Crippen LogP contribution in [0.1, 0.15) is 0 Å². The highest BCUT2D eigenvalue weighted by Gasteiger charge is 2.52. The molecule has 0 aliphatic carbocycles. The SMILES string of the molecule is CS(=O)(=O)N1CN(S(C)(=O)=O)[C@H]2NC(=O)N[C@@H]21. The van der Waals surface area contributed by atoms with E-state index < -0.39 is 38.4 Å². The highest BCUT2D eigenvalue weighted by Crippen LogP contribution is 2.25. The highest BCUT2D eigenvalue weighted by molar-refractivity contribution is 7.89. The molecule has 0 aromatic carbocycles. The van der Waals surface area contributed by atoms with E-state index in [2.05, 4.69) is 10.6 Å². The van der Waals surface area contributed by atoms with Gasteiger partial charge >= 0.3 is 6.03 Å². The van der Waals surface area contributed by atoms with Gasteiger partial charge in [0.25, 0.3) is 0 Å². The predicted molar refractivity (Wildman–Crippen MR) is 57.5 cm³/mol. The number of carbonyl (C=O) groups is 1. The van der Waals surface area contributed by atoms with Gasteiger partial charge in [-0.25, -0.2) is 21.6 Å². The zero-order valence-electron chi connectivity index (χ0n) is 9.11. The Hall–Kier alpha value is -0.910. The van der Waals surface area contributed by atoms with E-state index in [4.69, 9.17) is 0 Å². The number of rotatable bonds is 2. The van der Waals surface area contributed by atoms with Crippen LogP contribution in [0, 0.1) is 0 Å². The molecule has 0 saturated carbocycles. The van der Waals surface area contributed by atoms with Crippen molar-refractivity contribution < 1.29 is 21.6 Å². The lowest BCUT2D eigenvalue weighted by Crippen LogP contribution is -2.45. The number of nitrogens with zero attached hydrogens (tertiary/aromatic N) is 2. The Balaban J connectivity index is 2.41. The monoisotopic (exact) mass is 284 g/mol. The van der Waals surface area contributed by atoms with Crippen LogP contribution in [-0.4, -0.2) is 63.0 Å². The molecular weight excluding hydrogens is 272 g/mol. The Bertz CT molecular complexity index is 507. The molecule has 0 unspecified atom stereocenters. The van der Waals surface area contributed by atoms with Gasteiger partial charge in [0.05, 0.1) is 19.2 Å². The molecule has 0 aromatic rings. The second-order valence-corrected chi connectivity index (χ2v) is 7.82. The summed E-state index contributed by atoms with van der Waals surface area (Å²) < 4.78 is 47.8. The van der Waals surface area contributed by atoms with Gasteiger partial charge in [-0.3, -0.25) is 0 Å². The minimum atomic E-state index is -3.60. The maximum absolute atomic E-state index is 11.5. The van der Waals surface area contributed by atoms with Gasteiger partial charge in [-0.15, -0.1) is 0 Å². The van der Waals surface area contributed by atoms with Crippen LogP contribution in [-0.2, 0) is 20.0 Å². The Morgan fingerprint density at radius 1 is 1.00 bits per heavy atom.